The number of methoxy groups -OCH3 is 1. The third kappa shape index (κ3) is 2.33. The average Bonchev–Trinajstić information content (AvgIpc) is 2.15. The highest BCUT2D eigenvalue weighted by Gasteiger charge is 2.16. The van der Waals surface area contributed by atoms with E-state index in [0.29, 0.717) is 20.9 Å². The van der Waals surface area contributed by atoms with E-state index in [2.05, 4.69) is 36.6 Å². The van der Waals surface area contributed by atoms with Gasteiger partial charge in [0.2, 0.25) is 0 Å². The third-order valence-corrected chi connectivity index (χ3v) is 2.90. The molecule has 1 rings (SSSR count). The van der Waals surface area contributed by atoms with Crippen molar-refractivity contribution in [2.24, 2.45) is 0 Å². The molecule has 1 aromatic rings. The summed E-state index contributed by atoms with van der Waals surface area (Å²) in [6.45, 7) is 0. The zero-order valence-corrected chi connectivity index (χ0v) is 10.5. The van der Waals surface area contributed by atoms with Crippen LogP contribution in [0.5, 0.6) is 0 Å². The van der Waals surface area contributed by atoms with Gasteiger partial charge in [-0.05, 0) is 33.6 Å². The number of hydrogen-bond donors (Lipinski definition) is 0. The fourth-order valence-electron chi connectivity index (χ4n) is 1.06. The van der Waals surface area contributed by atoms with Gasteiger partial charge in [0.05, 0.1) is 12.7 Å². The van der Waals surface area contributed by atoms with Gasteiger partial charge in [0.1, 0.15) is 5.82 Å². The molecule has 0 radical (unpaired) electrons. The first-order valence-corrected chi connectivity index (χ1v) is 5.63. The van der Waals surface area contributed by atoms with Gasteiger partial charge < -0.3 is 4.74 Å². The van der Waals surface area contributed by atoms with Crippen LogP contribution < -0.4 is 0 Å². The maximum atomic E-state index is 13.0. The van der Waals surface area contributed by atoms with Crippen molar-refractivity contribution >= 4 is 37.8 Å². The van der Waals surface area contributed by atoms with E-state index >= 15 is 0 Å². The van der Waals surface area contributed by atoms with Gasteiger partial charge in [0.15, 0.2) is 0 Å². The van der Waals surface area contributed by atoms with Crippen LogP contribution in [0.1, 0.15) is 15.9 Å². The molecule has 0 N–H and O–H groups in total. The molecular weight excluding hydrogens is 319 g/mol. The van der Waals surface area contributed by atoms with Crippen LogP contribution in [-0.2, 0) is 10.1 Å². The number of alkyl halides is 1. The number of carbonyl (C=O) groups is 1. The highest BCUT2D eigenvalue weighted by Crippen LogP contribution is 2.25. The molecule has 14 heavy (non-hydrogen) atoms. The van der Waals surface area contributed by atoms with Gasteiger partial charge in [-0.3, -0.25) is 0 Å². The lowest BCUT2D eigenvalue weighted by atomic mass is 10.1. The molecule has 2 nitrogen and oxygen atoms in total. The first-order chi connectivity index (χ1) is 6.60. The van der Waals surface area contributed by atoms with E-state index in [9.17, 15) is 9.18 Å². The largest absolute Gasteiger partial charge is 0.465 e. The van der Waals surface area contributed by atoms with Gasteiger partial charge >= 0.3 is 5.97 Å². The lowest BCUT2D eigenvalue weighted by Gasteiger charge is -2.07. The standard InChI is InChI=1S/C9H7Br2FO2/c1-14-9(13)8-5(4-10)2-6(12)3-7(8)11/h2-3H,4H2,1H3. The molecule has 5 heteroatoms. The van der Waals surface area contributed by atoms with Gasteiger partial charge in [-0.15, -0.1) is 0 Å². The molecule has 0 atom stereocenters. The minimum absolute atomic E-state index is 0.353. The van der Waals surface area contributed by atoms with Crippen LogP contribution in [0.25, 0.3) is 0 Å². The fourth-order valence-corrected chi connectivity index (χ4v) is 2.14. The zero-order valence-electron chi connectivity index (χ0n) is 7.31. The summed E-state index contributed by atoms with van der Waals surface area (Å²) < 4.78 is 17.9. The summed E-state index contributed by atoms with van der Waals surface area (Å²) in [7, 11) is 1.29. The van der Waals surface area contributed by atoms with Gasteiger partial charge in [0.25, 0.3) is 0 Å². The van der Waals surface area contributed by atoms with Crippen LogP contribution in [-0.4, -0.2) is 13.1 Å². The molecule has 0 saturated carbocycles. The van der Waals surface area contributed by atoms with Crippen molar-refractivity contribution in [1.82, 2.24) is 0 Å². The normalized spacial score (nSPS) is 10.0. The summed E-state index contributed by atoms with van der Waals surface area (Å²) >= 11 is 6.30. The van der Waals surface area contributed by atoms with E-state index in [-0.39, 0.29) is 5.82 Å². The number of benzene rings is 1. The summed E-state index contributed by atoms with van der Waals surface area (Å²) in [6, 6.07) is 2.53. The molecule has 0 unspecified atom stereocenters. The third-order valence-electron chi connectivity index (χ3n) is 1.67. The van der Waals surface area contributed by atoms with Gasteiger partial charge in [0, 0.05) is 9.80 Å². The van der Waals surface area contributed by atoms with Crippen molar-refractivity contribution in [3.8, 4) is 0 Å². The van der Waals surface area contributed by atoms with E-state index in [4.69, 9.17) is 0 Å². The number of esters is 1. The summed E-state index contributed by atoms with van der Waals surface area (Å²) in [5, 5.41) is 0.397. The molecule has 1 aromatic carbocycles. The zero-order chi connectivity index (χ0) is 10.7. The maximum Gasteiger partial charge on any atom is 0.339 e. The van der Waals surface area contributed by atoms with Gasteiger partial charge in [-0.1, -0.05) is 15.9 Å². The molecule has 76 valence electrons. The first-order valence-electron chi connectivity index (χ1n) is 3.72. The number of hydrogen-bond acceptors (Lipinski definition) is 2. The van der Waals surface area contributed by atoms with Crippen LogP contribution in [0, 0.1) is 5.82 Å². The van der Waals surface area contributed by atoms with Crippen LogP contribution in [0.4, 0.5) is 4.39 Å². The maximum absolute atomic E-state index is 13.0. The topological polar surface area (TPSA) is 26.3 Å². The molecule has 0 heterocycles. The summed E-state index contributed by atoms with van der Waals surface area (Å²) in [5.74, 6) is -0.870. The summed E-state index contributed by atoms with van der Waals surface area (Å²) in [4.78, 5) is 11.3. The monoisotopic (exact) mass is 324 g/mol. The Hall–Kier alpha value is -0.420. The van der Waals surface area contributed by atoms with Crippen molar-refractivity contribution < 1.29 is 13.9 Å². The van der Waals surface area contributed by atoms with E-state index < -0.39 is 5.97 Å². The number of rotatable bonds is 2. The Balaban J connectivity index is 3.32. The molecular formula is C9H7Br2FO2. The van der Waals surface area contributed by atoms with Crippen molar-refractivity contribution in [2.45, 2.75) is 5.33 Å². The van der Waals surface area contributed by atoms with Gasteiger partial charge in [-0.2, -0.15) is 0 Å². The van der Waals surface area contributed by atoms with E-state index in [1.165, 1.54) is 19.2 Å². The highest BCUT2D eigenvalue weighted by molar-refractivity contribution is 9.10. The molecule has 0 saturated heterocycles. The van der Waals surface area contributed by atoms with Gasteiger partial charge in [-0.25, -0.2) is 9.18 Å². The van der Waals surface area contributed by atoms with Crippen LogP contribution in [0.15, 0.2) is 16.6 Å². The second-order valence-electron chi connectivity index (χ2n) is 2.55. The SMILES string of the molecule is COC(=O)c1c(Br)cc(F)cc1CBr. The Morgan fingerprint density at radius 3 is 2.71 bits per heavy atom. The van der Waals surface area contributed by atoms with Crippen molar-refractivity contribution in [3.63, 3.8) is 0 Å². The minimum Gasteiger partial charge on any atom is -0.465 e. The Labute approximate surface area is 97.7 Å². The van der Waals surface area contributed by atoms with Crippen LogP contribution >= 0.6 is 31.9 Å². The van der Waals surface area contributed by atoms with Crippen molar-refractivity contribution in [1.29, 1.82) is 0 Å². The lowest BCUT2D eigenvalue weighted by molar-refractivity contribution is 0.0598. The molecule has 0 aliphatic carbocycles. The summed E-state index contributed by atoms with van der Waals surface area (Å²) in [6.07, 6.45) is 0. The highest BCUT2D eigenvalue weighted by atomic mass is 79.9. The Morgan fingerprint density at radius 2 is 2.21 bits per heavy atom. The number of halogens is 3. The smallest absolute Gasteiger partial charge is 0.339 e. The van der Waals surface area contributed by atoms with Crippen molar-refractivity contribution in [3.05, 3.63) is 33.5 Å². The second kappa shape index (κ2) is 4.89. The number of carbonyl (C=O) groups excluding carboxylic acids is 1. The quantitative estimate of drug-likeness (QED) is 0.616. The molecule has 0 bridgehead atoms. The Morgan fingerprint density at radius 1 is 1.57 bits per heavy atom. The van der Waals surface area contributed by atoms with E-state index in [1.807, 2.05) is 0 Å². The lowest BCUT2D eigenvalue weighted by Crippen LogP contribution is -2.06. The molecule has 0 spiro atoms. The second-order valence-corrected chi connectivity index (χ2v) is 3.96. The van der Waals surface area contributed by atoms with Crippen LogP contribution in [0.2, 0.25) is 0 Å². The summed E-state index contributed by atoms with van der Waals surface area (Å²) in [5.41, 5.74) is 0.912. The molecule has 0 amide bonds. The van der Waals surface area contributed by atoms with Crippen LogP contribution in [0.3, 0.4) is 0 Å². The minimum atomic E-state index is -0.480. The van der Waals surface area contributed by atoms with E-state index in [0.717, 1.165) is 0 Å². The fraction of sp³-hybridized carbons (Fsp3) is 0.222. The molecule has 0 aromatic heterocycles. The molecule has 0 aliphatic heterocycles. The Bertz CT molecular complexity index is 366. The number of ether oxygens (including phenoxy) is 1. The predicted molar refractivity (Wildman–Crippen MR) is 58.1 cm³/mol. The molecule has 0 fully saturated rings. The average molecular weight is 326 g/mol. The first kappa shape index (κ1) is 11.7. The predicted octanol–water partition coefficient (Wildman–Crippen LogP) is 3.27. The Kier molecular flexibility index (Phi) is 4.07. The van der Waals surface area contributed by atoms with E-state index in [1.54, 1.807) is 0 Å². The molecule has 0 aliphatic rings. The van der Waals surface area contributed by atoms with Crippen molar-refractivity contribution in [2.75, 3.05) is 7.11 Å².